The molecule has 1 fully saturated rings. The first kappa shape index (κ1) is 16.1. The summed E-state index contributed by atoms with van der Waals surface area (Å²) in [6.45, 7) is 5.25. The number of aromatic nitrogens is 3. The Kier molecular flexibility index (Phi) is 4.72. The Morgan fingerprint density at radius 2 is 2.09 bits per heavy atom. The zero-order valence-electron chi connectivity index (χ0n) is 13.4. The van der Waals surface area contributed by atoms with Gasteiger partial charge < -0.3 is 18.6 Å². The minimum absolute atomic E-state index is 0.0769. The molecule has 3 heterocycles. The van der Waals surface area contributed by atoms with E-state index >= 15 is 0 Å². The molecular weight excluding hydrogens is 316 g/mol. The average molecular weight is 336 g/mol. The first-order valence-electron chi connectivity index (χ1n) is 7.54. The third-order valence-electron chi connectivity index (χ3n) is 3.67. The number of nitrogens with zero attached hydrogens (tertiary/aromatic N) is 4. The summed E-state index contributed by atoms with van der Waals surface area (Å²) in [6, 6.07) is 3.64. The predicted molar refractivity (Wildman–Crippen MR) is 86.0 cm³/mol. The number of furan rings is 1. The number of hydrogen-bond donors (Lipinski definition) is 0. The Morgan fingerprint density at radius 1 is 1.35 bits per heavy atom. The Labute approximate surface area is 139 Å². The standard InChI is InChI=1S/C15H20N4O3S/c1-10-7-19(8-11(2)22-10)13(20)9-23-15-17-16-14(18(15)3)12-5-4-6-21-12/h4-6,10-11H,7-9H2,1-3H3/t10-,11-/m0/s1. The van der Waals surface area contributed by atoms with E-state index in [9.17, 15) is 4.79 Å². The van der Waals surface area contributed by atoms with Gasteiger partial charge in [-0.15, -0.1) is 10.2 Å². The molecule has 2 aromatic heterocycles. The van der Waals surface area contributed by atoms with Crippen molar-refractivity contribution >= 4 is 17.7 Å². The predicted octanol–water partition coefficient (Wildman–Crippen LogP) is 1.80. The second-order valence-corrected chi connectivity index (χ2v) is 6.63. The van der Waals surface area contributed by atoms with Crippen molar-refractivity contribution in [2.24, 2.45) is 7.05 Å². The molecule has 0 bridgehead atoms. The van der Waals surface area contributed by atoms with Crippen molar-refractivity contribution < 1.29 is 13.9 Å². The second-order valence-electron chi connectivity index (χ2n) is 5.69. The van der Waals surface area contributed by atoms with Crippen LogP contribution in [0.4, 0.5) is 0 Å². The molecular formula is C15H20N4O3S. The van der Waals surface area contributed by atoms with Gasteiger partial charge in [-0.2, -0.15) is 0 Å². The number of ether oxygens (including phenoxy) is 1. The SMILES string of the molecule is C[C@H]1CN(C(=O)CSc2nnc(-c3ccco3)n2C)C[C@H](C)O1. The molecule has 1 aliphatic heterocycles. The van der Waals surface area contributed by atoms with Crippen LogP contribution in [0, 0.1) is 0 Å². The highest BCUT2D eigenvalue weighted by Crippen LogP contribution is 2.23. The molecule has 124 valence electrons. The van der Waals surface area contributed by atoms with Gasteiger partial charge in [-0.1, -0.05) is 11.8 Å². The van der Waals surface area contributed by atoms with Crippen molar-refractivity contribution in [1.82, 2.24) is 19.7 Å². The minimum atomic E-state index is 0.0769. The first-order valence-corrected chi connectivity index (χ1v) is 8.52. The highest BCUT2D eigenvalue weighted by Gasteiger charge is 2.26. The van der Waals surface area contributed by atoms with Crippen LogP contribution in [-0.2, 0) is 16.6 Å². The van der Waals surface area contributed by atoms with E-state index in [1.165, 1.54) is 11.8 Å². The number of hydrogen-bond acceptors (Lipinski definition) is 6. The molecule has 2 aromatic rings. The van der Waals surface area contributed by atoms with Gasteiger partial charge in [0.15, 0.2) is 16.7 Å². The van der Waals surface area contributed by atoms with E-state index in [-0.39, 0.29) is 18.1 Å². The molecule has 23 heavy (non-hydrogen) atoms. The van der Waals surface area contributed by atoms with Gasteiger partial charge in [0.2, 0.25) is 5.91 Å². The zero-order valence-corrected chi connectivity index (χ0v) is 14.2. The maximum atomic E-state index is 12.4. The molecule has 0 aliphatic carbocycles. The van der Waals surface area contributed by atoms with Gasteiger partial charge in [-0.25, -0.2) is 0 Å². The Morgan fingerprint density at radius 3 is 2.74 bits per heavy atom. The molecule has 0 saturated carbocycles. The van der Waals surface area contributed by atoms with E-state index in [1.54, 1.807) is 12.3 Å². The van der Waals surface area contributed by atoms with Crippen molar-refractivity contribution in [3.63, 3.8) is 0 Å². The van der Waals surface area contributed by atoms with Crippen LogP contribution in [0.25, 0.3) is 11.6 Å². The molecule has 0 unspecified atom stereocenters. The molecule has 1 aliphatic rings. The van der Waals surface area contributed by atoms with Gasteiger partial charge in [-0.3, -0.25) is 4.79 Å². The molecule has 0 radical (unpaired) electrons. The van der Waals surface area contributed by atoms with Crippen LogP contribution in [0.5, 0.6) is 0 Å². The largest absolute Gasteiger partial charge is 0.461 e. The van der Waals surface area contributed by atoms with E-state index in [0.29, 0.717) is 35.6 Å². The molecule has 1 saturated heterocycles. The summed E-state index contributed by atoms with van der Waals surface area (Å²) in [5.74, 6) is 1.75. The maximum Gasteiger partial charge on any atom is 0.233 e. The molecule has 0 aromatic carbocycles. The smallest absolute Gasteiger partial charge is 0.233 e. The third kappa shape index (κ3) is 3.59. The second kappa shape index (κ2) is 6.76. The number of carbonyl (C=O) groups is 1. The number of amides is 1. The van der Waals surface area contributed by atoms with Crippen molar-refractivity contribution in [3.8, 4) is 11.6 Å². The summed E-state index contributed by atoms with van der Waals surface area (Å²) in [5, 5.41) is 8.96. The third-order valence-corrected chi connectivity index (χ3v) is 4.68. The van der Waals surface area contributed by atoms with Crippen LogP contribution in [-0.4, -0.2) is 56.6 Å². The summed E-state index contributed by atoms with van der Waals surface area (Å²) in [6.07, 6.45) is 1.75. The van der Waals surface area contributed by atoms with E-state index < -0.39 is 0 Å². The molecule has 0 spiro atoms. The molecule has 3 rings (SSSR count). The van der Waals surface area contributed by atoms with Crippen LogP contribution < -0.4 is 0 Å². The monoisotopic (exact) mass is 336 g/mol. The van der Waals surface area contributed by atoms with E-state index in [4.69, 9.17) is 9.15 Å². The van der Waals surface area contributed by atoms with Gasteiger partial charge in [-0.05, 0) is 26.0 Å². The summed E-state index contributed by atoms with van der Waals surface area (Å²) >= 11 is 1.39. The fourth-order valence-corrected chi connectivity index (χ4v) is 3.47. The van der Waals surface area contributed by atoms with Gasteiger partial charge in [0.05, 0.1) is 24.2 Å². The summed E-state index contributed by atoms with van der Waals surface area (Å²) in [5.41, 5.74) is 0. The van der Waals surface area contributed by atoms with Gasteiger partial charge >= 0.3 is 0 Å². The topological polar surface area (TPSA) is 73.4 Å². The molecule has 8 heteroatoms. The highest BCUT2D eigenvalue weighted by atomic mass is 32.2. The minimum Gasteiger partial charge on any atom is -0.461 e. The van der Waals surface area contributed by atoms with E-state index in [1.807, 2.05) is 36.4 Å². The first-order chi connectivity index (χ1) is 11.0. The molecule has 1 amide bonds. The number of morpholine rings is 1. The average Bonchev–Trinajstić information content (AvgIpc) is 3.13. The highest BCUT2D eigenvalue weighted by molar-refractivity contribution is 7.99. The number of carbonyl (C=O) groups excluding carboxylic acids is 1. The summed E-state index contributed by atoms with van der Waals surface area (Å²) in [7, 11) is 1.86. The number of thioether (sulfide) groups is 1. The van der Waals surface area contributed by atoms with Gasteiger partial charge in [0.25, 0.3) is 0 Å². The van der Waals surface area contributed by atoms with Crippen molar-refractivity contribution in [2.75, 3.05) is 18.8 Å². The normalized spacial score (nSPS) is 21.6. The Hall–Kier alpha value is -1.80. The van der Waals surface area contributed by atoms with E-state index in [0.717, 1.165) is 0 Å². The zero-order chi connectivity index (χ0) is 16.4. The lowest BCUT2D eigenvalue weighted by atomic mass is 10.2. The van der Waals surface area contributed by atoms with Crippen molar-refractivity contribution in [2.45, 2.75) is 31.2 Å². The molecule has 2 atom stereocenters. The fourth-order valence-electron chi connectivity index (χ4n) is 2.66. The summed E-state index contributed by atoms with van der Waals surface area (Å²) in [4.78, 5) is 14.2. The van der Waals surface area contributed by atoms with Crippen LogP contribution in [0.2, 0.25) is 0 Å². The van der Waals surface area contributed by atoms with Crippen LogP contribution in [0.15, 0.2) is 28.0 Å². The van der Waals surface area contributed by atoms with Crippen molar-refractivity contribution in [3.05, 3.63) is 18.4 Å². The number of rotatable bonds is 4. The van der Waals surface area contributed by atoms with Gasteiger partial charge in [0.1, 0.15) is 0 Å². The maximum absolute atomic E-state index is 12.4. The summed E-state index contributed by atoms with van der Waals surface area (Å²) < 4.78 is 12.8. The quantitative estimate of drug-likeness (QED) is 0.793. The van der Waals surface area contributed by atoms with Crippen molar-refractivity contribution in [1.29, 1.82) is 0 Å². The van der Waals surface area contributed by atoms with Crippen LogP contribution >= 0.6 is 11.8 Å². The lowest BCUT2D eigenvalue weighted by Crippen LogP contribution is -2.48. The Balaban J connectivity index is 1.61. The lowest BCUT2D eigenvalue weighted by molar-refractivity contribution is -0.140. The molecule has 7 nitrogen and oxygen atoms in total. The van der Waals surface area contributed by atoms with Crippen LogP contribution in [0.3, 0.4) is 0 Å². The van der Waals surface area contributed by atoms with E-state index in [2.05, 4.69) is 10.2 Å². The van der Waals surface area contributed by atoms with Gasteiger partial charge in [0, 0.05) is 20.1 Å². The molecule has 0 N–H and O–H groups in total. The van der Waals surface area contributed by atoms with Crippen LogP contribution in [0.1, 0.15) is 13.8 Å². The Bertz CT molecular complexity index is 660. The lowest BCUT2D eigenvalue weighted by Gasteiger charge is -2.35. The fraction of sp³-hybridized carbons (Fsp3) is 0.533.